The average molecular weight is 366 g/mol. The van der Waals surface area contributed by atoms with Crippen LogP contribution in [0.4, 0.5) is 5.69 Å². The Morgan fingerprint density at radius 3 is 2.85 bits per heavy atom. The van der Waals surface area contributed by atoms with Gasteiger partial charge in [-0.1, -0.05) is 12.1 Å². The van der Waals surface area contributed by atoms with E-state index in [2.05, 4.69) is 10.3 Å². The van der Waals surface area contributed by atoms with Gasteiger partial charge >= 0.3 is 0 Å². The van der Waals surface area contributed by atoms with E-state index in [1.807, 2.05) is 43.1 Å². The molecule has 0 aliphatic heterocycles. The zero-order valence-corrected chi connectivity index (χ0v) is 15.6. The maximum atomic E-state index is 12.3. The van der Waals surface area contributed by atoms with Gasteiger partial charge in [0.2, 0.25) is 5.91 Å². The van der Waals surface area contributed by atoms with Crippen molar-refractivity contribution in [3.8, 4) is 5.75 Å². The van der Waals surface area contributed by atoms with E-state index >= 15 is 0 Å². The Balaban J connectivity index is 1.65. The number of aryl methyl sites for hydroxylation is 1. The van der Waals surface area contributed by atoms with E-state index in [4.69, 9.17) is 4.74 Å². The summed E-state index contributed by atoms with van der Waals surface area (Å²) in [5, 5.41) is 2.83. The van der Waals surface area contributed by atoms with Gasteiger partial charge in [-0.25, -0.2) is 4.98 Å². The number of hydrogen-bond acceptors (Lipinski definition) is 5. The Bertz CT molecular complexity index is 1030. The lowest BCUT2D eigenvalue weighted by Gasteiger charge is -2.16. The molecule has 0 saturated carbocycles. The van der Waals surface area contributed by atoms with Crippen LogP contribution < -0.4 is 15.6 Å². The monoisotopic (exact) mass is 366 g/mol. The second kappa shape index (κ2) is 8.01. The fourth-order valence-electron chi connectivity index (χ4n) is 2.82. The predicted octanol–water partition coefficient (Wildman–Crippen LogP) is 2.08. The number of hydrogen-bond donors (Lipinski definition) is 1. The first-order valence-corrected chi connectivity index (χ1v) is 8.56. The van der Waals surface area contributed by atoms with Gasteiger partial charge in [0.1, 0.15) is 11.4 Å². The number of carbonyl (C=O) groups excluding carboxylic acids is 1. The normalized spacial score (nSPS) is 11.0. The third-order valence-electron chi connectivity index (χ3n) is 4.06. The second-order valence-corrected chi connectivity index (χ2v) is 6.47. The number of ether oxygens (including phenoxy) is 1. The van der Waals surface area contributed by atoms with Crippen molar-refractivity contribution in [1.29, 1.82) is 0 Å². The number of anilines is 1. The first kappa shape index (κ1) is 18.6. The highest BCUT2D eigenvalue weighted by molar-refractivity contribution is 5.92. The van der Waals surface area contributed by atoms with Gasteiger partial charge < -0.3 is 10.1 Å². The number of benzene rings is 1. The van der Waals surface area contributed by atoms with Gasteiger partial charge in [-0.3, -0.25) is 18.9 Å². The lowest BCUT2D eigenvalue weighted by atomic mass is 10.3. The molecule has 1 aromatic carbocycles. The summed E-state index contributed by atoms with van der Waals surface area (Å²) in [5.74, 6) is 0.524. The highest BCUT2D eigenvalue weighted by Crippen LogP contribution is 2.16. The van der Waals surface area contributed by atoms with E-state index in [0.717, 1.165) is 5.56 Å². The van der Waals surface area contributed by atoms with Gasteiger partial charge in [0.05, 0.1) is 19.3 Å². The molecule has 0 aliphatic carbocycles. The van der Waals surface area contributed by atoms with E-state index in [0.29, 0.717) is 29.3 Å². The molecule has 3 aromatic rings. The van der Waals surface area contributed by atoms with Crippen LogP contribution in [0.2, 0.25) is 0 Å². The highest BCUT2D eigenvalue weighted by atomic mass is 16.5. The first-order chi connectivity index (χ1) is 12.9. The Morgan fingerprint density at radius 2 is 2.07 bits per heavy atom. The molecule has 0 spiro atoms. The number of methoxy groups -OCH3 is 1. The lowest BCUT2D eigenvalue weighted by Crippen LogP contribution is -2.30. The molecule has 0 fully saturated rings. The Morgan fingerprint density at radius 1 is 1.26 bits per heavy atom. The molecular weight excluding hydrogens is 344 g/mol. The number of carbonyl (C=O) groups is 1. The van der Waals surface area contributed by atoms with Crippen molar-refractivity contribution in [2.45, 2.75) is 13.5 Å². The van der Waals surface area contributed by atoms with Crippen molar-refractivity contribution in [1.82, 2.24) is 14.3 Å². The molecular formula is C20H22N4O3. The van der Waals surface area contributed by atoms with Crippen molar-refractivity contribution in [2.24, 2.45) is 0 Å². The van der Waals surface area contributed by atoms with E-state index in [1.165, 1.54) is 10.5 Å². The van der Waals surface area contributed by atoms with Crippen LogP contribution in [0.25, 0.3) is 5.65 Å². The summed E-state index contributed by atoms with van der Waals surface area (Å²) in [6.07, 6.45) is 1.76. The third-order valence-corrected chi connectivity index (χ3v) is 4.06. The van der Waals surface area contributed by atoms with Crippen LogP contribution in [0, 0.1) is 6.92 Å². The highest BCUT2D eigenvalue weighted by Gasteiger charge is 2.10. The Labute approximate surface area is 157 Å². The van der Waals surface area contributed by atoms with Crippen LogP contribution in [-0.2, 0) is 11.3 Å². The van der Waals surface area contributed by atoms with E-state index in [9.17, 15) is 9.59 Å². The summed E-state index contributed by atoms with van der Waals surface area (Å²) < 4.78 is 6.67. The third kappa shape index (κ3) is 4.71. The van der Waals surface area contributed by atoms with Gasteiger partial charge in [0.15, 0.2) is 0 Å². The molecule has 0 aliphatic rings. The van der Waals surface area contributed by atoms with Gasteiger partial charge in [0, 0.05) is 30.6 Å². The van der Waals surface area contributed by atoms with E-state index < -0.39 is 0 Å². The van der Waals surface area contributed by atoms with E-state index in [-0.39, 0.29) is 18.0 Å². The second-order valence-electron chi connectivity index (χ2n) is 6.47. The molecule has 27 heavy (non-hydrogen) atoms. The number of likely N-dealkylation sites (N-methyl/N-ethyl adjacent to an activating group) is 1. The number of pyridine rings is 1. The zero-order valence-electron chi connectivity index (χ0n) is 15.6. The van der Waals surface area contributed by atoms with Crippen LogP contribution in [0.15, 0.2) is 53.5 Å². The Kier molecular flexibility index (Phi) is 5.52. The standard InChI is InChI=1S/C20H22N4O3/c1-14-7-8-18-21-16(10-20(26)24(18)11-14)12-23(2)13-19(25)22-15-5-4-6-17(9-15)27-3/h4-11H,12-13H2,1-3H3,(H,22,25). The Hall–Kier alpha value is -3.19. The minimum absolute atomic E-state index is 0.132. The van der Waals surface area contributed by atoms with E-state index in [1.54, 1.807) is 25.4 Å². The van der Waals surface area contributed by atoms with Crippen LogP contribution in [0.1, 0.15) is 11.3 Å². The molecule has 2 heterocycles. The summed E-state index contributed by atoms with van der Waals surface area (Å²) in [6, 6.07) is 12.4. The molecule has 0 bridgehead atoms. The quantitative estimate of drug-likeness (QED) is 0.723. The van der Waals surface area contributed by atoms with Crippen LogP contribution in [0.3, 0.4) is 0 Å². The maximum Gasteiger partial charge on any atom is 0.258 e. The van der Waals surface area contributed by atoms with Crippen molar-refractivity contribution in [3.63, 3.8) is 0 Å². The van der Waals surface area contributed by atoms with Crippen LogP contribution in [0.5, 0.6) is 5.75 Å². The summed E-state index contributed by atoms with van der Waals surface area (Å²) >= 11 is 0. The topological polar surface area (TPSA) is 75.9 Å². The molecule has 0 atom stereocenters. The van der Waals surface area contributed by atoms with Gasteiger partial charge in [0.25, 0.3) is 5.56 Å². The maximum absolute atomic E-state index is 12.3. The lowest BCUT2D eigenvalue weighted by molar-refractivity contribution is -0.117. The largest absolute Gasteiger partial charge is 0.497 e. The summed E-state index contributed by atoms with van der Waals surface area (Å²) in [5.41, 5.74) is 2.75. The smallest absolute Gasteiger partial charge is 0.258 e. The molecule has 2 aromatic heterocycles. The minimum Gasteiger partial charge on any atom is -0.497 e. The molecule has 7 nitrogen and oxygen atoms in total. The van der Waals surface area contributed by atoms with Gasteiger partial charge in [-0.05, 0) is 37.7 Å². The fraction of sp³-hybridized carbons (Fsp3) is 0.250. The molecule has 1 amide bonds. The summed E-state index contributed by atoms with van der Waals surface area (Å²) in [6.45, 7) is 2.49. The molecule has 0 radical (unpaired) electrons. The van der Waals surface area contributed by atoms with Crippen molar-refractivity contribution >= 4 is 17.2 Å². The molecule has 0 saturated heterocycles. The first-order valence-electron chi connectivity index (χ1n) is 8.56. The molecule has 0 unspecified atom stereocenters. The number of amides is 1. The molecule has 7 heteroatoms. The number of aromatic nitrogens is 2. The molecule has 140 valence electrons. The van der Waals surface area contributed by atoms with Crippen LogP contribution >= 0.6 is 0 Å². The van der Waals surface area contributed by atoms with Crippen molar-refractivity contribution < 1.29 is 9.53 Å². The van der Waals surface area contributed by atoms with Gasteiger partial charge in [-0.2, -0.15) is 0 Å². The number of fused-ring (bicyclic) bond motifs is 1. The summed E-state index contributed by atoms with van der Waals surface area (Å²) in [7, 11) is 3.39. The van der Waals surface area contributed by atoms with Gasteiger partial charge in [-0.15, -0.1) is 0 Å². The van der Waals surface area contributed by atoms with Crippen molar-refractivity contribution in [2.75, 3.05) is 26.0 Å². The van der Waals surface area contributed by atoms with Crippen LogP contribution in [-0.4, -0.2) is 40.9 Å². The number of nitrogens with one attached hydrogen (secondary N) is 1. The average Bonchev–Trinajstić information content (AvgIpc) is 2.62. The van der Waals surface area contributed by atoms with Crippen molar-refractivity contribution in [3.05, 3.63) is 70.3 Å². The predicted molar refractivity (Wildman–Crippen MR) is 104 cm³/mol. The molecule has 1 N–H and O–H groups in total. The SMILES string of the molecule is COc1cccc(NC(=O)CN(C)Cc2cc(=O)n3cc(C)ccc3n2)c1. The molecule has 3 rings (SSSR count). The minimum atomic E-state index is -0.154. The zero-order chi connectivity index (χ0) is 19.4. The number of rotatable bonds is 6. The number of nitrogens with zero attached hydrogens (tertiary/aromatic N) is 3. The fourth-order valence-corrected chi connectivity index (χ4v) is 2.82. The summed E-state index contributed by atoms with van der Waals surface area (Å²) in [4.78, 5) is 30.8.